The summed E-state index contributed by atoms with van der Waals surface area (Å²) >= 11 is 6.56. The van der Waals surface area contributed by atoms with Crippen LogP contribution in [0, 0.1) is 11.6 Å². The van der Waals surface area contributed by atoms with E-state index in [0.29, 0.717) is 10.9 Å². The number of likely N-dealkylation sites (N-methyl/N-ethyl adjacent to an activating group) is 1. The summed E-state index contributed by atoms with van der Waals surface area (Å²) in [6, 6.07) is 9.60. The molecule has 0 aliphatic rings. The molecule has 0 fully saturated rings. The molecule has 0 heterocycles. The molecule has 2 rings (SSSR count). The predicted octanol–water partition coefficient (Wildman–Crippen LogP) is 4.99. The van der Waals surface area contributed by atoms with Crippen LogP contribution in [-0.2, 0) is 6.42 Å². The standard InChI is InChI=1S/C15H13Br2F2N/c1-20-15(10-3-5-14(19)13(17)6-10)7-9-2-4-11(18)8-12(9)16/h2-6,8,15,20H,7H2,1H3. The fourth-order valence-corrected chi connectivity index (χ4v) is 2.93. The van der Waals surface area contributed by atoms with Crippen molar-refractivity contribution in [1.29, 1.82) is 0 Å². The molecule has 2 aromatic carbocycles. The molecule has 1 N–H and O–H groups in total. The molecule has 0 aliphatic carbocycles. The minimum absolute atomic E-state index is 0.0219. The molecule has 2 aromatic rings. The average molecular weight is 405 g/mol. The third kappa shape index (κ3) is 3.65. The first-order valence-corrected chi connectivity index (χ1v) is 7.66. The van der Waals surface area contributed by atoms with Crippen LogP contribution in [0.5, 0.6) is 0 Å². The SMILES string of the molecule is CNC(Cc1ccc(F)cc1Br)c1ccc(F)c(Br)c1. The first-order valence-electron chi connectivity index (χ1n) is 6.07. The second-order valence-electron chi connectivity index (χ2n) is 4.45. The molecule has 0 aromatic heterocycles. The van der Waals surface area contributed by atoms with Crippen LogP contribution in [0.25, 0.3) is 0 Å². The van der Waals surface area contributed by atoms with Gasteiger partial charge in [0.15, 0.2) is 0 Å². The van der Waals surface area contributed by atoms with Crippen LogP contribution < -0.4 is 5.32 Å². The first kappa shape index (κ1) is 15.6. The van der Waals surface area contributed by atoms with Gasteiger partial charge in [0.2, 0.25) is 0 Å². The van der Waals surface area contributed by atoms with E-state index < -0.39 is 0 Å². The summed E-state index contributed by atoms with van der Waals surface area (Å²) in [6.45, 7) is 0. The largest absolute Gasteiger partial charge is 0.313 e. The normalized spacial score (nSPS) is 12.4. The summed E-state index contributed by atoms with van der Waals surface area (Å²) in [5, 5.41) is 3.20. The maximum Gasteiger partial charge on any atom is 0.137 e. The molecule has 1 atom stereocenters. The zero-order valence-corrected chi connectivity index (χ0v) is 13.9. The third-order valence-electron chi connectivity index (χ3n) is 3.13. The number of hydrogen-bond donors (Lipinski definition) is 1. The Balaban J connectivity index is 2.26. The molecule has 0 saturated carbocycles. The van der Waals surface area contributed by atoms with Gasteiger partial charge < -0.3 is 5.32 Å². The molecule has 0 bridgehead atoms. The van der Waals surface area contributed by atoms with Gasteiger partial charge in [-0.2, -0.15) is 0 Å². The van der Waals surface area contributed by atoms with Crippen molar-refractivity contribution in [2.45, 2.75) is 12.5 Å². The van der Waals surface area contributed by atoms with Crippen molar-refractivity contribution in [2.75, 3.05) is 7.05 Å². The zero-order valence-electron chi connectivity index (χ0n) is 10.8. The number of benzene rings is 2. The summed E-state index contributed by atoms with van der Waals surface area (Å²) < 4.78 is 27.6. The van der Waals surface area contributed by atoms with Gasteiger partial charge in [-0.15, -0.1) is 0 Å². The molecule has 0 radical (unpaired) electrons. The zero-order chi connectivity index (χ0) is 14.7. The molecule has 5 heteroatoms. The maximum atomic E-state index is 13.3. The van der Waals surface area contributed by atoms with E-state index in [4.69, 9.17) is 0 Å². The number of hydrogen-bond acceptors (Lipinski definition) is 1. The summed E-state index contributed by atoms with van der Waals surface area (Å²) in [5.74, 6) is -0.558. The first-order chi connectivity index (χ1) is 9.51. The highest BCUT2D eigenvalue weighted by Crippen LogP contribution is 2.27. The molecule has 106 valence electrons. The van der Waals surface area contributed by atoms with Crippen LogP contribution in [0.2, 0.25) is 0 Å². The van der Waals surface area contributed by atoms with Crippen molar-refractivity contribution < 1.29 is 8.78 Å². The number of rotatable bonds is 4. The smallest absolute Gasteiger partial charge is 0.137 e. The Hall–Kier alpha value is -0.780. The number of halogens is 4. The highest BCUT2D eigenvalue weighted by molar-refractivity contribution is 9.10. The lowest BCUT2D eigenvalue weighted by atomic mass is 9.99. The van der Waals surface area contributed by atoms with E-state index in [2.05, 4.69) is 37.2 Å². The van der Waals surface area contributed by atoms with E-state index in [9.17, 15) is 8.78 Å². The summed E-state index contributed by atoms with van der Waals surface area (Å²) in [4.78, 5) is 0. The van der Waals surface area contributed by atoms with Gasteiger partial charge in [0, 0.05) is 10.5 Å². The molecule has 1 nitrogen and oxygen atoms in total. The van der Waals surface area contributed by atoms with Gasteiger partial charge in [0.05, 0.1) is 4.47 Å². The molecule has 0 amide bonds. The Morgan fingerprint density at radius 1 is 1.05 bits per heavy atom. The van der Waals surface area contributed by atoms with E-state index in [1.165, 1.54) is 18.2 Å². The van der Waals surface area contributed by atoms with Crippen molar-refractivity contribution in [3.8, 4) is 0 Å². The van der Waals surface area contributed by atoms with Crippen molar-refractivity contribution in [3.05, 3.63) is 68.1 Å². The van der Waals surface area contributed by atoms with E-state index in [1.807, 2.05) is 7.05 Å². The monoisotopic (exact) mass is 403 g/mol. The molecule has 0 spiro atoms. The van der Waals surface area contributed by atoms with Gasteiger partial charge in [-0.1, -0.05) is 28.1 Å². The lowest BCUT2D eigenvalue weighted by Crippen LogP contribution is -2.19. The van der Waals surface area contributed by atoms with E-state index >= 15 is 0 Å². The van der Waals surface area contributed by atoms with Crippen molar-refractivity contribution >= 4 is 31.9 Å². The second kappa shape index (κ2) is 6.78. The minimum Gasteiger partial charge on any atom is -0.313 e. The van der Waals surface area contributed by atoms with E-state index in [1.54, 1.807) is 18.2 Å². The third-order valence-corrected chi connectivity index (χ3v) is 4.48. The maximum absolute atomic E-state index is 13.3. The van der Waals surface area contributed by atoms with Crippen molar-refractivity contribution in [2.24, 2.45) is 0 Å². The summed E-state index contributed by atoms with van der Waals surface area (Å²) in [6.07, 6.45) is 0.676. The van der Waals surface area contributed by atoms with Crippen LogP contribution in [0.4, 0.5) is 8.78 Å². The minimum atomic E-state index is -0.286. The highest BCUT2D eigenvalue weighted by Gasteiger charge is 2.14. The Morgan fingerprint density at radius 2 is 1.80 bits per heavy atom. The van der Waals surface area contributed by atoms with Gasteiger partial charge in [-0.05, 0) is 64.8 Å². The topological polar surface area (TPSA) is 12.0 Å². The van der Waals surface area contributed by atoms with Crippen LogP contribution in [0.3, 0.4) is 0 Å². The Morgan fingerprint density at radius 3 is 2.40 bits per heavy atom. The predicted molar refractivity (Wildman–Crippen MR) is 83.7 cm³/mol. The van der Waals surface area contributed by atoms with Crippen molar-refractivity contribution in [1.82, 2.24) is 5.32 Å². The second-order valence-corrected chi connectivity index (χ2v) is 6.16. The number of nitrogens with one attached hydrogen (secondary N) is 1. The summed E-state index contributed by atoms with van der Waals surface area (Å²) in [7, 11) is 1.85. The molecule has 20 heavy (non-hydrogen) atoms. The van der Waals surface area contributed by atoms with Gasteiger partial charge >= 0.3 is 0 Å². The lowest BCUT2D eigenvalue weighted by molar-refractivity contribution is 0.580. The average Bonchev–Trinajstić information content (AvgIpc) is 2.41. The van der Waals surface area contributed by atoms with Gasteiger partial charge in [0.25, 0.3) is 0 Å². The molecule has 0 aliphatic heterocycles. The van der Waals surface area contributed by atoms with Gasteiger partial charge in [-0.25, -0.2) is 8.78 Å². The lowest BCUT2D eigenvalue weighted by Gasteiger charge is -2.18. The van der Waals surface area contributed by atoms with Gasteiger partial charge in [0.1, 0.15) is 11.6 Å². The van der Waals surface area contributed by atoms with E-state index in [-0.39, 0.29) is 17.7 Å². The van der Waals surface area contributed by atoms with Crippen LogP contribution in [0.1, 0.15) is 17.2 Å². The highest BCUT2D eigenvalue weighted by atomic mass is 79.9. The molecular weight excluding hydrogens is 392 g/mol. The quantitative estimate of drug-likeness (QED) is 0.756. The Labute approximate surface area is 133 Å². The summed E-state index contributed by atoms with van der Waals surface area (Å²) in [5.41, 5.74) is 1.96. The van der Waals surface area contributed by atoms with Crippen molar-refractivity contribution in [3.63, 3.8) is 0 Å². The molecule has 1 unspecified atom stereocenters. The fourth-order valence-electron chi connectivity index (χ4n) is 2.02. The fraction of sp³-hybridized carbons (Fsp3) is 0.200. The molecular formula is C15H13Br2F2N. The molecule has 0 saturated heterocycles. The van der Waals surface area contributed by atoms with Gasteiger partial charge in [-0.3, -0.25) is 0 Å². The Bertz CT molecular complexity index is 617. The van der Waals surface area contributed by atoms with Crippen LogP contribution in [0.15, 0.2) is 45.3 Å². The van der Waals surface area contributed by atoms with E-state index in [0.717, 1.165) is 15.6 Å². The van der Waals surface area contributed by atoms with Crippen LogP contribution in [-0.4, -0.2) is 7.05 Å². The van der Waals surface area contributed by atoms with Crippen LogP contribution >= 0.6 is 31.9 Å². The Kier molecular flexibility index (Phi) is 5.29.